The Balaban J connectivity index is 3.07. The van der Waals surface area contributed by atoms with Crippen molar-refractivity contribution in [3.63, 3.8) is 0 Å². The molecule has 0 aliphatic heterocycles. The lowest BCUT2D eigenvalue weighted by molar-refractivity contribution is -0.118. The number of benzene rings is 1. The molecule has 2 N–H and O–H groups in total. The molecule has 70 valence electrons. The van der Waals surface area contributed by atoms with Crippen LogP contribution in [0.5, 0.6) is 0 Å². The van der Waals surface area contributed by atoms with Crippen LogP contribution in [0.1, 0.15) is 29.7 Å². The van der Waals surface area contributed by atoms with Gasteiger partial charge in [-0.15, -0.1) is 0 Å². The first-order chi connectivity index (χ1) is 6.00. The molecular formula is C11H15NO. The highest BCUT2D eigenvalue weighted by molar-refractivity contribution is 5.82. The van der Waals surface area contributed by atoms with Crippen molar-refractivity contribution < 1.29 is 4.79 Å². The van der Waals surface area contributed by atoms with E-state index in [-0.39, 0.29) is 5.78 Å². The highest BCUT2D eigenvalue weighted by atomic mass is 16.1. The van der Waals surface area contributed by atoms with Gasteiger partial charge in [0.1, 0.15) is 0 Å². The van der Waals surface area contributed by atoms with Gasteiger partial charge in [0.05, 0.1) is 6.04 Å². The summed E-state index contributed by atoms with van der Waals surface area (Å²) in [6, 6.07) is 5.51. The molecule has 0 fully saturated rings. The van der Waals surface area contributed by atoms with Crippen molar-refractivity contribution in [2.45, 2.75) is 26.8 Å². The molecule has 0 bridgehead atoms. The summed E-state index contributed by atoms with van der Waals surface area (Å²) in [7, 11) is 0. The molecule has 0 heterocycles. The summed E-state index contributed by atoms with van der Waals surface area (Å²) in [5.41, 5.74) is 8.92. The smallest absolute Gasteiger partial charge is 0.150 e. The lowest BCUT2D eigenvalue weighted by atomic mass is 10.00. The molecule has 0 aliphatic rings. The summed E-state index contributed by atoms with van der Waals surface area (Å²) in [6.45, 7) is 5.52. The Labute approximate surface area is 78.8 Å². The molecule has 1 aromatic rings. The molecular weight excluding hydrogens is 162 g/mol. The van der Waals surface area contributed by atoms with Crippen LogP contribution in [0.15, 0.2) is 18.2 Å². The van der Waals surface area contributed by atoms with Gasteiger partial charge in [0, 0.05) is 0 Å². The Bertz CT molecular complexity index is 311. The molecule has 0 aromatic heterocycles. The van der Waals surface area contributed by atoms with Crippen LogP contribution in [0.3, 0.4) is 0 Å². The lowest BCUT2D eigenvalue weighted by Crippen LogP contribution is -2.18. The fourth-order valence-corrected chi connectivity index (χ4v) is 1.42. The van der Waals surface area contributed by atoms with E-state index in [1.54, 1.807) is 0 Å². The minimum atomic E-state index is -0.474. The number of aryl methyl sites for hydroxylation is 2. The van der Waals surface area contributed by atoms with Gasteiger partial charge in [0.15, 0.2) is 5.78 Å². The first-order valence-electron chi connectivity index (χ1n) is 4.35. The highest BCUT2D eigenvalue weighted by Gasteiger charge is 2.10. The summed E-state index contributed by atoms with van der Waals surface area (Å²) < 4.78 is 0. The Morgan fingerprint density at radius 3 is 2.08 bits per heavy atom. The Hall–Kier alpha value is -1.15. The van der Waals surface area contributed by atoms with Gasteiger partial charge < -0.3 is 5.73 Å². The second-order valence-corrected chi connectivity index (χ2v) is 3.51. The summed E-state index contributed by atoms with van der Waals surface area (Å²) in [4.78, 5) is 11.0. The van der Waals surface area contributed by atoms with Gasteiger partial charge in [0.25, 0.3) is 0 Å². The molecule has 1 aromatic carbocycles. The molecule has 13 heavy (non-hydrogen) atoms. The fraction of sp³-hybridized carbons (Fsp3) is 0.364. The molecule has 2 heteroatoms. The van der Waals surface area contributed by atoms with Crippen LogP contribution in [0, 0.1) is 13.8 Å². The van der Waals surface area contributed by atoms with Gasteiger partial charge in [-0.3, -0.25) is 4.79 Å². The standard InChI is InChI=1S/C11H15NO/c1-7-4-8(2)6-10(5-7)11(12)9(3)13/h4-6,11H,12H2,1-3H3. The van der Waals surface area contributed by atoms with Gasteiger partial charge in [-0.25, -0.2) is 0 Å². The first-order valence-corrected chi connectivity index (χ1v) is 4.35. The first kappa shape index (κ1) is 9.93. The number of carbonyl (C=O) groups excluding carboxylic acids is 1. The molecule has 0 aliphatic carbocycles. The van der Waals surface area contributed by atoms with E-state index in [1.807, 2.05) is 26.0 Å². The van der Waals surface area contributed by atoms with Crippen LogP contribution in [-0.2, 0) is 4.79 Å². The van der Waals surface area contributed by atoms with Gasteiger partial charge in [-0.2, -0.15) is 0 Å². The average molecular weight is 177 g/mol. The minimum Gasteiger partial charge on any atom is -0.318 e. The van der Waals surface area contributed by atoms with E-state index in [0.717, 1.165) is 16.7 Å². The van der Waals surface area contributed by atoms with Gasteiger partial charge in [0.2, 0.25) is 0 Å². The summed E-state index contributed by atoms with van der Waals surface area (Å²) in [5, 5.41) is 0. The molecule has 0 saturated carbocycles. The van der Waals surface area contributed by atoms with Crippen LogP contribution in [0.25, 0.3) is 0 Å². The van der Waals surface area contributed by atoms with Crippen molar-refractivity contribution in [1.82, 2.24) is 0 Å². The molecule has 0 radical (unpaired) electrons. The summed E-state index contributed by atoms with van der Waals surface area (Å²) in [5.74, 6) is 0.00463. The van der Waals surface area contributed by atoms with E-state index in [0.29, 0.717) is 0 Å². The average Bonchev–Trinajstić information content (AvgIpc) is 2.01. The molecule has 0 spiro atoms. The quantitative estimate of drug-likeness (QED) is 0.749. The number of hydrogen-bond donors (Lipinski definition) is 1. The largest absolute Gasteiger partial charge is 0.318 e. The normalized spacial score (nSPS) is 12.6. The Kier molecular flexibility index (Phi) is 2.83. The maximum atomic E-state index is 11.0. The zero-order valence-corrected chi connectivity index (χ0v) is 8.29. The second-order valence-electron chi connectivity index (χ2n) is 3.51. The van der Waals surface area contributed by atoms with Crippen molar-refractivity contribution in [2.24, 2.45) is 5.73 Å². The topological polar surface area (TPSA) is 43.1 Å². The van der Waals surface area contributed by atoms with Crippen LogP contribution in [-0.4, -0.2) is 5.78 Å². The van der Waals surface area contributed by atoms with E-state index in [1.165, 1.54) is 6.92 Å². The van der Waals surface area contributed by atoms with E-state index < -0.39 is 6.04 Å². The van der Waals surface area contributed by atoms with Crippen molar-refractivity contribution in [1.29, 1.82) is 0 Å². The Morgan fingerprint density at radius 1 is 1.23 bits per heavy atom. The van der Waals surface area contributed by atoms with Crippen LogP contribution in [0.2, 0.25) is 0 Å². The van der Waals surface area contributed by atoms with Gasteiger partial charge in [-0.05, 0) is 26.3 Å². The maximum absolute atomic E-state index is 11.0. The predicted molar refractivity (Wildman–Crippen MR) is 53.5 cm³/mol. The predicted octanol–water partition coefficient (Wildman–Crippen LogP) is 1.89. The van der Waals surface area contributed by atoms with Crippen molar-refractivity contribution >= 4 is 5.78 Å². The molecule has 0 amide bonds. The third-order valence-corrected chi connectivity index (χ3v) is 2.04. The van der Waals surface area contributed by atoms with Crippen molar-refractivity contribution in [2.75, 3.05) is 0 Å². The zero-order chi connectivity index (χ0) is 10.0. The Morgan fingerprint density at radius 2 is 1.69 bits per heavy atom. The van der Waals surface area contributed by atoms with Crippen LogP contribution in [0.4, 0.5) is 0 Å². The summed E-state index contributed by atoms with van der Waals surface area (Å²) >= 11 is 0. The SMILES string of the molecule is CC(=O)C(N)c1cc(C)cc(C)c1. The van der Waals surface area contributed by atoms with E-state index in [4.69, 9.17) is 5.73 Å². The van der Waals surface area contributed by atoms with Gasteiger partial charge in [-0.1, -0.05) is 29.3 Å². The number of ketones is 1. The number of hydrogen-bond acceptors (Lipinski definition) is 2. The second kappa shape index (κ2) is 3.71. The van der Waals surface area contributed by atoms with Crippen molar-refractivity contribution in [3.05, 3.63) is 34.9 Å². The number of Topliss-reactive ketones (excluding diaryl/α,β-unsaturated/α-hetero) is 1. The third kappa shape index (κ3) is 2.39. The minimum absolute atomic E-state index is 0.00463. The maximum Gasteiger partial charge on any atom is 0.150 e. The van der Waals surface area contributed by atoms with Crippen molar-refractivity contribution in [3.8, 4) is 0 Å². The molecule has 2 nitrogen and oxygen atoms in total. The summed E-state index contributed by atoms with van der Waals surface area (Å²) in [6.07, 6.45) is 0. The monoisotopic (exact) mass is 177 g/mol. The molecule has 1 unspecified atom stereocenters. The zero-order valence-electron chi connectivity index (χ0n) is 8.29. The third-order valence-electron chi connectivity index (χ3n) is 2.04. The molecule has 0 saturated heterocycles. The van der Waals surface area contributed by atoms with E-state index >= 15 is 0 Å². The number of rotatable bonds is 2. The number of carbonyl (C=O) groups is 1. The number of nitrogens with two attached hydrogens (primary N) is 1. The van der Waals surface area contributed by atoms with Gasteiger partial charge >= 0.3 is 0 Å². The molecule has 1 rings (SSSR count). The van der Waals surface area contributed by atoms with E-state index in [9.17, 15) is 4.79 Å². The van der Waals surface area contributed by atoms with E-state index in [2.05, 4.69) is 6.07 Å². The highest BCUT2D eigenvalue weighted by Crippen LogP contribution is 2.15. The molecule has 1 atom stereocenters. The van der Waals surface area contributed by atoms with Crippen LogP contribution < -0.4 is 5.73 Å². The fourth-order valence-electron chi connectivity index (χ4n) is 1.42. The lowest BCUT2D eigenvalue weighted by Gasteiger charge is -2.09. The van der Waals surface area contributed by atoms with Crippen LogP contribution >= 0.6 is 0 Å².